The van der Waals surface area contributed by atoms with Gasteiger partial charge in [0.05, 0.1) is 11.5 Å². The van der Waals surface area contributed by atoms with Gasteiger partial charge in [-0.2, -0.15) is 0 Å². The van der Waals surface area contributed by atoms with Crippen molar-refractivity contribution in [2.45, 2.75) is 38.6 Å². The van der Waals surface area contributed by atoms with Crippen LogP contribution in [0.5, 0.6) is 5.75 Å². The van der Waals surface area contributed by atoms with Crippen LogP contribution in [-0.4, -0.2) is 32.8 Å². The van der Waals surface area contributed by atoms with Gasteiger partial charge in [-0.1, -0.05) is 92.6 Å². The van der Waals surface area contributed by atoms with Crippen LogP contribution in [0.1, 0.15) is 49.8 Å². The van der Waals surface area contributed by atoms with Gasteiger partial charge in [-0.3, -0.25) is 9.69 Å². The van der Waals surface area contributed by atoms with E-state index in [1.165, 1.54) is 17.7 Å². The number of amides is 1. The highest BCUT2D eigenvalue weighted by atomic mass is 32.2. The summed E-state index contributed by atoms with van der Waals surface area (Å²) in [4.78, 5) is 26.5. The zero-order chi connectivity index (χ0) is 22.2. The average molecular weight is 456 g/mol. The number of carboxylic acids is 1. The molecule has 1 amide bonds. The minimum absolute atomic E-state index is 0.236. The number of thioether (sulfide) groups is 1. The lowest BCUT2D eigenvalue weighted by atomic mass is 10.1. The fraction of sp³-hybridized carbons (Fsp3) is 0.292. The summed E-state index contributed by atoms with van der Waals surface area (Å²) >= 11 is 6.47. The molecule has 0 radical (unpaired) electrons. The van der Waals surface area contributed by atoms with Gasteiger partial charge < -0.3 is 9.84 Å². The predicted molar refractivity (Wildman–Crippen MR) is 128 cm³/mol. The van der Waals surface area contributed by atoms with Crippen LogP contribution in [0.3, 0.4) is 0 Å². The van der Waals surface area contributed by atoms with Crippen LogP contribution in [-0.2, 0) is 9.59 Å². The number of ether oxygens (including phenoxy) is 1. The Bertz CT molecular complexity index is 957. The molecule has 162 valence electrons. The Morgan fingerprint density at radius 2 is 1.84 bits per heavy atom. The predicted octanol–water partition coefficient (Wildman–Crippen LogP) is 5.67. The molecule has 0 saturated carbocycles. The van der Waals surface area contributed by atoms with E-state index < -0.39 is 17.9 Å². The van der Waals surface area contributed by atoms with Crippen molar-refractivity contribution in [3.63, 3.8) is 0 Å². The van der Waals surface area contributed by atoms with Gasteiger partial charge in [-0.05, 0) is 35.8 Å². The third kappa shape index (κ3) is 5.95. The lowest BCUT2D eigenvalue weighted by Gasteiger charge is -2.23. The summed E-state index contributed by atoms with van der Waals surface area (Å²) in [7, 11) is 0. The second-order valence-corrected chi connectivity index (χ2v) is 8.86. The molecule has 2 aromatic carbocycles. The number of carbonyl (C=O) groups is 2. The van der Waals surface area contributed by atoms with E-state index in [1.807, 2.05) is 24.3 Å². The molecule has 5 nitrogen and oxygen atoms in total. The summed E-state index contributed by atoms with van der Waals surface area (Å²) in [6.45, 7) is 2.87. The largest absolute Gasteiger partial charge is 0.494 e. The summed E-state index contributed by atoms with van der Waals surface area (Å²) in [5.41, 5.74) is 1.33. The molecule has 0 aromatic heterocycles. The molecule has 0 bridgehead atoms. The van der Waals surface area contributed by atoms with Gasteiger partial charge in [0.25, 0.3) is 5.91 Å². The zero-order valence-corrected chi connectivity index (χ0v) is 19.0. The highest BCUT2D eigenvalue weighted by Gasteiger charge is 2.41. The van der Waals surface area contributed by atoms with Crippen LogP contribution < -0.4 is 4.74 Å². The number of hydrogen-bond acceptors (Lipinski definition) is 5. The van der Waals surface area contributed by atoms with E-state index in [0.717, 1.165) is 35.9 Å². The summed E-state index contributed by atoms with van der Waals surface area (Å²) in [6.07, 6.45) is 6.34. The first kappa shape index (κ1) is 23.0. The van der Waals surface area contributed by atoms with Gasteiger partial charge in [-0.25, -0.2) is 4.79 Å². The maximum absolute atomic E-state index is 13.0. The Balaban J connectivity index is 1.70. The lowest BCUT2D eigenvalue weighted by molar-refractivity contribution is -0.145. The van der Waals surface area contributed by atoms with Gasteiger partial charge in [0.15, 0.2) is 6.04 Å². The standard InChI is InChI=1S/C24H25NO4S2/c1-2-3-4-8-15-29-19-13-11-17(12-14-19)16-20-22(26)25(24(30)31-20)21(23(27)28)18-9-6-5-7-10-18/h5-7,9-14,16,21H,2-4,8,15H2,1H3,(H,27,28)/b20-16-. The van der Waals surface area contributed by atoms with Gasteiger partial charge in [-0.15, -0.1) is 0 Å². The molecule has 1 aliphatic heterocycles. The van der Waals surface area contributed by atoms with Crippen molar-refractivity contribution in [1.82, 2.24) is 4.90 Å². The third-order valence-corrected chi connectivity index (χ3v) is 6.21. The molecule has 3 rings (SSSR count). The Kier molecular flexibility index (Phi) is 8.26. The number of aliphatic carboxylic acids is 1. The molecule has 2 aromatic rings. The van der Waals surface area contributed by atoms with Crippen molar-refractivity contribution in [3.05, 3.63) is 70.6 Å². The maximum Gasteiger partial charge on any atom is 0.331 e. The SMILES string of the molecule is CCCCCCOc1ccc(/C=C2\SC(=S)N(C(C(=O)O)c3ccccc3)C2=O)cc1. The van der Waals surface area contributed by atoms with E-state index >= 15 is 0 Å². The highest BCUT2D eigenvalue weighted by molar-refractivity contribution is 8.26. The second-order valence-electron chi connectivity index (χ2n) is 7.18. The summed E-state index contributed by atoms with van der Waals surface area (Å²) in [6, 6.07) is 15.0. The fourth-order valence-corrected chi connectivity index (χ4v) is 4.58. The monoisotopic (exact) mass is 455 g/mol. The van der Waals surface area contributed by atoms with Crippen molar-refractivity contribution < 1.29 is 19.4 Å². The summed E-state index contributed by atoms with van der Waals surface area (Å²) in [5.74, 6) is -0.733. The summed E-state index contributed by atoms with van der Waals surface area (Å²) in [5, 5.41) is 9.75. The van der Waals surface area contributed by atoms with Gasteiger partial charge in [0.1, 0.15) is 10.1 Å². The van der Waals surface area contributed by atoms with Gasteiger partial charge >= 0.3 is 5.97 Å². The molecule has 1 aliphatic rings. The molecular formula is C24H25NO4S2. The Hall–Kier alpha value is -2.64. The van der Waals surface area contributed by atoms with E-state index in [0.29, 0.717) is 17.1 Å². The van der Waals surface area contributed by atoms with Crippen LogP contribution in [0, 0.1) is 0 Å². The minimum atomic E-state index is -1.15. The van der Waals surface area contributed by atoms with Crippen LogP contribution >= 0.6 is 24.0 Å². The zero-order valence-electron chi connectivity index (χ0n) is 17.3. The van der Waals surface area contributed by atoms with E-state index in [2.05, 4.69) is 6.92 Å². The molecule has 1 fully saturated rings. The van der Waals surface area contributed by atoms with E-state index in [-0.39, 0.29) is 4.32 Å². The van der Waals surface area contributed by atoms with Crippen molar-refractivity contribution in [1.29, 1.82) is 0 Å². The van der Waals surface area contributed by atoms with Gasteiger partial charge in [0.2, 0.25) is 0 Å². The molecular weight excluding hydrogens is 430 g/mol. The Morgan fingerprint density at radius 1 is 1.13 bits per heavy atom. The smallest absolute Gasteiger partial charge is 0.331 e. The van der Waals surface area contributed by atoms with E-state index in [1.54, 1.807) is 36.4 Å². The number of thiocarbonyl (C=S) groups is 1. The number of carboxylic acid groups (broad SMARTS) is 1. The molecule has 31 heavy (non-hydrogen) atoms. The topological polar surface area (TPSA) is 66.8 Å². The molecule has 1 atom stereocenters. The fourth-order valence-electron chi connectivity index (χ4n) is 3.27. The lowest BCUT2D eigenvalue weighted by Crippen LogP contribution is -2.37. The first-order valence-electron chi connectivity index (χ1n) is 10.3. The van der Waals surface area contributed by atoms with Gasteiger partial charge in [0, 0.05) is 0 Å². The van der Waals surface area contributed by atoms with Crippen molar-refractivity contribution in [2.24, 2.45) is 0 Å². The van der Waals surface area contributed by atoms with Crippen LogP contribution in [0.2, 0.25) is 0 Å². The number of carbonyl (C=O) groups excluding carboxylic acids is 1. The average Bonchev–Trinajstić information content (AvgIpc) is 3.03. The second kappa shape index (κ2) is 11.1. The highest BCUT2D eigenvalue weighted by Crippen LogP contribution is 2.38. The molecule has 1 unspecified atom stereocenters. The molecule has 7 heteroatoms. The number of hydrogen-bond donors (Lipinski definition) is 1. The molecule has 0 spiro atoms. The first-order valence-corrected chi connectivity index (χ1v) is 11.5. The minimum Gasteiger partial charge on any atom is -0.494 e. The molecule has 1 saturated heterocycles. The number of unbranched alkanes of at least 4 members (excludes halogenated alkanes) is 3. The van der Waals surface area contributed by atoms with Crippen LogP contribution in [0.15, 0.2) is 59.5 Å². The molecule has 0 aliphatic carbocycles. The number of rotatable bonds is 10. The molecule has 1 N–H and O–H groups in total. The van der Waals surface area contributed by atoms with Crippen molar-refractivity contribution >= 4 is 46.3 Å². The number of benzene rings is 2. The van der Waals surface area contributed by atoms with E-state index in [9.17, 15) is 14.7 Å². The maximum atomic E-state index is 13.0. The van der Waals surface area contributed by atoms with E-state index in [4.69, 9.17) is 17.0 Å². The molecule has 1 heterocycles. The van der Waals surface area contributed by atoms with Crippen LogP contribution in [0.4, 0.5) is 0 Å². The normalized spacial score (nSPS) is 16.0. The van der Waals surface area contributed by atoms with Crippen molar-refractivity contribution in [3.8, 4) is 5.75 Å². The van der Waals surface area contributed by atoms with Crippen LogP contribution in [0.25, 0.3) is 6.08 Å². The third-order valence-electron chi connectivity index (χ3n) is 4.88. The quantitative estimate of drug-likeness (QED) is 0.283. The summed E-state index contributed by atoms with van der Waals surface area (Å²) < 4.78 is 5.99. The Labute approximate surface area is 192 Å². The first-order chi connectivity index (χ1) is 15.0. The Morgan fingerprint density at radius 3 is 2.48 bits per heavy atom. The number of nitrogens with zero attached hydrogens (tertiary/aromatic N) is 1. The van der Waals surface area contributed by atoms with Crippen molar-refractivity contribution in [2.75, 3.05) is 6.61 Å².